The van der Waals surface area contributed by atoms with E-state index in [1.54, 1.807) is 23.2 Å². The predicted octanol–water partition coefficient (Wildman–Crippen LogP) is 1.21. The number of carbonyl (C=O) groups is 1. The van der Waals surface area contributed by atoms with E-state index < -0.39 is 0 Å². The molecule has 0 fully saturated rings. The van der Waals surface area contributed by atoms with Gasteiger partial charge in [-0.1, -0.05) is 0 Å². The van der Waals surface area contributed by atoms with Gasteiger partial charge in [0.2, 0.25) is 5.78 Å². The van der Waals surface area contributed by atoms with Crippen LogP contribution in [0.3, 0.4) is 0 Å². The molecule has 0 amide bonds. The van der Waals surface area contributed by atoms with Crippen molar-refractivity contribution in [3.8, 4) is 6.07 Å². The highest BCUT2D eigenvalue weighted by Gasteiger charge is 2.08. The van der Waals surface area contributed by atoms with Crippen molar-refractivity contribution in [2.45, 2.75) is 0 Å². The second-order valence-corrected chi connectivity index (χ2v) is 3.15. The second kappa shape index (κ2) is 4.91. The molecule has 0 atom stereocenters. The third-order valence-electron chi connectivity index (χ3n) is 1.69. The van der Waals surface area contributed by atoms with Crippen molar-refractivity contribution in [1.29, 1.82) is 5.26 Å². The van der Waals surface area contributed by atoms with E-state index in [2.05, 4.69) is 4.98 Å². The lowest BCUT2D eigenvalue weighted by Gasteiger charge is -2.02. The Morgan fingerprint density at radius 1 is 1.60 bits per heavy atom. The van der Waals surface area contributed by atoms with Gasteiger partial charge in [0.05, 0.1) is 5.56 Å². The normalized spacial score (nSPS) is 9.93. The van der Waals surface area contributed by atoms with Gasteiger partial charge >= 0.3 is 0 Å². The maximum Gasteiger partial charge on any atom is 0.206 e. The minimum atomic E-state index is -0.263. The van der Waals surface area contributed by atoms with Crippen molar-refractivity contribution in [2.24, 2.45) is 0 Å². The lowest BCUT2D eigenvalue weighted by atomic mass is 10.1. The van der Waals surface area contributed by atoms with Crippen LogP contribution >= 0.6 is 0 Å². The molecule has 0 aliphatic rings. The van der Waals surface area contributed by atoms with Crippen LogP contribution in [0, 0.1) is 11.3 Å². The maximum atomic E-state index is 11.6. The molecular weight excluding hydrogens is 190 g/mol. The molecule has 0 aliphatic heterocycles. The molecule has 0 aliphatic carbocycles. The standard InChI is InChI=1S/C11H11N3O/c1-14(2)7-5-10(15)11-9(8-12)4-3-6-13-11/h3-7H,1-2H3/b7-5+. The van der Waals surface area contributed by atoms with Crippen molar-refractivity contribution < 1.29 is 4.79 Å². The molecule has 1 heterocycles. The summed E-state index contributed by atoms with van der Waals surface area (Å²) < 4.78 is 0. The maximum absolute atomic E-state index is 11.6. The first-order chi connectivity index (χ1) is 7.15. The van der Waals surface area contributed by atoms with Crippen LogP contribution in [0.4, 0.5) is 0 Å². The summed E-state index contributed by atoms with van der Waals surface area (Å²) in [5, 5.41) is 8.77. The van der Waals surface area contributed by atoms with Crippen LogP contribution in [0.1, 0.15) is 16.1 Å². The fourth-order valence-corrected chi connectivity index (χ4v) is 0.988. The van der Waals surface area contributed by atoms with Crippen LogP contribution in [-0.4, -0.2) is 29.8 Å². The first kappa shape index (κ1) is 10.9. The molecule has 0 spiro atoms. The Bertz CT molecular complexity index is 430. The molecule has 0 saturated carbocycles. The molecule has 15 heavy (non-hydrogen) atoms. The summed E-state index contributed by atoms with van der Waals surface area (Å²) in [6, 6.07) is 5.14. The quantitative estimate of drug-likeness (QED) is 0.545. The van der Waals surface area contributed by atoms with Gasteiger partial charge in [0.15, 0.2) is 0 Å². The average molecular weight is 201 g/mol. The molecule has 0 N–H and O–H groups in total. The van der Waals surface area contributed by atoms with E-state index in [-0.39, 0.29) is 11.5 Å². The number of nitrogens with zero attached hydrogens (tertiary/aromatic N) is 3. The van der Waals surface area contributed by atoms with E-state index in [1.165, 1.54) is 12.3 Å². The number of rotatable bonds is 3. The number of hydrogen-bond acceptors (Lipinski definition) is 4. The Hall–Kier alpha value is -2.15. The lowest BCUT2D eigenvalue weighted by Crippen LogP contribution is -2.05. The van der Waals surface area contributed by atoms with Crippen LogP contribution in [0.5, 0.6) is 0 Å². The molecule has 76 valence electrons. The van der Waals surface area contributed by atoms with Gasteiger partial charge in [-0.2, -0.15) is 5.26 Å². The van der Waals surface area contributed by atoms with Crippen LogP contribution in [-0.2, 0) is 0 Å². The molecule has 0 unspecified atom stereocenters. The van der Waals surface area contributed by atoms with Crippen LogP contribution in [0.2, 0.25) is 0 Å². The van der Waals surface area contributed by atoms with Gasteiger partial charge in [0, 0.05) is 32.6 Å². The SMILES string of the molecule is CN(C)/C=C/C(=O)c1ncccc1C#N. The number of aromatic nitrogens is 1. The molecule has 4 nitrogen and oxygen atoms in total. The molecule has 0 bridgehead atoms. The molecule has 0 aromatic carbocycles. The molecule has 1 aromatic heterocycles. The summed E-state index contributed by atoms with van der Waals surface area (Å²) in [5.74, 6) is -0.263. The molecule has 0 radical (unpaired) electrons. The molecule has 1 rings (SSSR count). The monoisotopic (exact) mass is 201 g/mol. The van der Waals surface area contributed by atoms with E-state index >= 15 is 0 Å². The molecule has 1 aromatic rings. The minimum Gasteiger partial charge on any atom is -0.383 e. The van der Waals surface area contributed by atoms with Gasteiger partial charge in [0.1, 0.15) is 11.8 Å². The summed E-state index contributed by atoms with van der Waals surface area (Å²) in [5.41, 5.74) is 0.490. The van der Waals surface area contributed by atoms with Gasteiger partial charge < -0.3 is 4.90 Å². The van der Waals surface area contributed by atoms with Crippen LogP contribution in [0.15, 0.2) is 30.6 Å². The van der Waals surface area contributed by atoms with Crippen molar-refractivity contribution in [3.05, 3.63) is 41.9 Å². The summed E-state index contributed by atoms with van der Waals surface area (Å²) in [7, 11) is 3.63. The molecule has 4 heteroatoms. The first-order valence-corrected chi connectivity index (χ1v) is 4.39. The summed E-state index contributed by atoms with van der Waals surface area (Å²) in [4.78, 5) is 17.2. The second-order valence-electron chi connectivity index (χ2n) is 3.15. The van der Waals surface area contributed by atoms with Crippen molar-refractivity contribution in [3.63, 3.8) is 0 Å². The smallest absolute Gasteiger partial charge is 0.206 e. The zero-order chi connectivity index (χ0) is 11.3. The summed E-state index contributed by atoms with van der Waals surface area (Å²) in [6.45, 7) is 0. The fourth-order valence-electron chi connectivity index (χ4n) is 0.988. The van der Waals surface area contributed by atoms with Crippen LogP contribution in [0.25, 0.3) is 0 Å². The summed E-state index contributed by atoms with van der Waals surface area (Å²) >= 11 is 0. The van der Waals surface area contributed by atoms with Gasteiger partial charge in [0.25, 0.3) is 0 Å². The van der Waals surface area contributed by atoms with E-state index in [1.807, 2.05) is 20.2 Å². The van der Waals surface area contributed by atoms with Gasteiger partial charge in [-0.25, -0.2) is 0 Å². The Balaban J connectivity index is 2.97. The number of carbonyl (C=O) groups excluding carboxylic acids is 1. The third kappa shape index (κ3) is 2.92. The van der Waals surface area contributed by atoms with Crippen molar-refractivity contribution >= 4 is 5.78 Å². The average Bonchev–Trinajstić information content (AvgIpc) is 2.25. The Morgan fingerprint density at radius 2 is 2.33 bits per heavy atom. The molecular formula is C11H11N3O. The number of allylic oxidation sites excluding steroid dienone is 1. The minimum absolute atomic E-state index is 0.193. The van der Waals surface area contributed by atoms with Crippen molar-refractivity contribution in [2.75, 3.05) is 14.1 Å². The number of hydrogen-bond donors (Lipinski definition) is 0. The van der Waals surface area contributed by atoms with Gasteiger partial charge in [-0.15, -0.1) is 0 Å². The highest BCUT2D eigenvalue weighted by atomic mass is 16.1. The Labute approximate surface area is 88.5 Å². The molecule has 0 saturated heterocycles. The first-order valence-electron chi connectivity index (χ1n) is 4.39. The largest absolute Gasteiger partial charge is 0.383 e. The predicted molar refractivity (Wildman–Crippen MR) is 56.1 cm³/mol. The van der Waals surface area contributed by atoms with Crippen molar-refractivity contribution in [1.82, 2.24) is 9.88 Å². The fraction of sp³-hybridized carbons (Fsp3) is 0.182. The zero-order valence-electron chi connectivity index (χ0n) is 8.64. The highest BCUT2D eigenvalue weighted by Crippen LogP contribution is 2.05. The van der Waals surface area contributed by atoms with E-state index in [0.717, 1.165) is 0 Å². The highest BCUT2D eigenvalue weighted by molar-refractivity contribution is 6.04. The topological polar surface area (TPSA) is 57.0 Å². The van der Waals surface area contributed by atoms with Gasteiger partial charge in [-0.3, -0.25) is 9.78 Å². The third-order valence-corrected chi connectivity index (χ3v) is 1.69. The van der Waals surface area contributed by atoms with Crippen LogP contribution < -0.4 is 0 Å². The number of nitriles is 1. The lowest BCUT2D eigenvalue weighted by molar-refractivity contribution is 0.104. The Morgan fingerprint density at radius 3 is 2.93 bits per heavy atom. The Kier molecular flexibility index (Phi) is 3.58. The summed E-state index contributed by atoms with van der Waals surface area (Å²) in [6.07, 6.45) is 4.51. The van der Waals surface area contributed by atoms with E-state index in [9.17, 15) is 4.79 Å². The van der Waals surface area contributed by atoms with E-state index in [0.29, 0.717) is 5.56 Å². The van der Waals surface area contributed by atoms with Gasteiger partial charge in [-0.05, 0) is 12.1 Å². The number of ketones is 1. The zero-order valence-corrected chi connectivity index (χ0v) is 8.64. The number of pyridine rings is 1. The van der Waals surface area contributed by atoms with E-state index in [4.69, 9.17) is 5.26 Å².